The van der Waals surface area contributed by atoms with Gasteiger partial charge in [-0.1, -0.05) is 36.5 Å². The zero-order chi connectivity index (χ0) is 10.5. The SMILES string of the molecule is COC(=O)C12CC3C=C[C@@H]1C=C[C@@H]2C=C3. The van der Waals surface area contributed by atoms with E-state index < -0.39 is 0 Å². The number of hydrogen-bond acceptors (Lipinski definition) is 2. The molecule has 2 heteroatoms. The van der Waals surface area contributed by atoms with Crippen LogP contribution in [-0.2, 0) is 9.53 Å². The molecule has 3 aliphatic rings. The molecule has 0 fully saturated rings. The van der Waals surface area contributed by atoms with E-state index in [0.29, 0.717) is 5.92 Å². The average molecular weight is 202 g/mol. The van der Waals surface area contributed by atoms with Gasteiger partial charge in [-0.05, 0) is 12.3 Å². The van der Waals surface area contributed by atoms with E-state index in [1.807, 2.05) is 0 Å². The Bertz CT molecular complexity index is 365. The van der Waals surface area contributed by atoms with E-state index in [2.05, 4.69) is 36.5 Å². The van der Waals surface area contributed by atoms with Crippen molar-refractivity contribution in [3.63, 3.8) is 0 Å². The number of fused-ring (bicyclic) bond motifs is 1. The van der Waals surface area contributed by atoms with Gasteiger partial charge >= 0.3 is 5.97 Å². The van der Waals surface area contributed by atoms with Crippen LogP contribution in [0.5, 0.6) is 0 Å². The van der Waals surface area contributed by atoms with Crippen molar-refractivity contribution >= 4 is 5.97 Å². The van der Waals surface area contributed by atoms with Crippen LogP contribution in [0.25, 0.3) is 0 Å². The molecule has 0 aromatic carbocycles. The van der Waals surface area contributed by atoms with Crippen LogP contribution in [0.4, 0.5) is 0 Å². The topological polar surface area (TPSA) is 26.3 Å². The van der Waals surface area contributed by atoms with Crippen molar-refractivity contribution < 1.29 is 9.53 Å². The van der Waals surface area contributed by atoms with Crippen LogP contribution in [0.15, 0.2) is 36.5 Å². The molecule has 0 aromatic heterocycles. The van der Waals surface area contributed by atoms with Crippen molar-refractivity contribution in [2.45, 2.75) is 6.42 Å². The van der Waals surface area contributed by atoms with Gasteiger partial charge < -0.3 is 4.74 Å². The van der Waals surface area contributed by atoms with Crippen LogP contribution >= 0.6 is 0 Å². The minimum absolute atomic E-state index is 0.0544. The van der Waals surface area contributed by atoms with Crippen molar-refractivity contribution in [1.29, 1.82) is 0 Å². The average Bonchev–Trinajstić information content (AvgIpc) is 2.70. The highest BCUT2D eigenvalue weighted by Gasteiger charge is 2.55. The summed E-state index contributed by atoms with van der Waals surface area (Å²) in [5.74, 6) is 0.824. The maximum Gasteiger partial charge on any atom is 0.313 e. The second-order valence-electron chi connectivity index (χ2n) is 4.61. The summed E-state index contributed by atoms with van der Waals surface area (Å²) in [6.07, 6.45) is 13.9. The monoisotopic (exact) mass is 202 g/mol. The van der Waals surface area contributed by atoms with E-state index in [9.17, 15) is 4.79 Å². The number of ether oxygens (including phenoxy) is 1. The normalized spacial score (nSPS) is 44.5. The van der Waals surface area contributed by atoms with Gasteiger partial charge in [0.05, 0.1) is 12.5 Å². The fourth-order valence-electron chi connectivity index (χ4n) is 3.21. The van der Waals surface area contributed by atoms with E-state index >= 15 is 0 Å². The lowest BCUT2D eigenvalue weighted by molar-refractivity contribution is -0.157. The Morgan fingerprint density at radius 3 is 2.20 bits per heavy atom. The fraction of sp³-hybridized carbons (Fsp3) is 0.462. The maximum absolute atomic E-state index is 12.0. The molecular weight excluding hydrogens is 188 g/mol. The standard InChI is InChI=1S/C13H14O2/c1-15-12(14)13-8-9-2-4-10(13)6-7-11(13)5-3-9/h2-7,9-11H,8H2,1H3/t9?,10-,11+,13?. The highest BCUT2D eigenvalue weighted by Crippen LogP contribution is 2.55. The largest absolute Gasteiger partial charge is 0.469 e. The predicted molar refractivity (Wildman–Crippen MR) is 57.0 cm³/mol. The molecule has 2 bridgehead atoms. The third kappa shape index (κ3) is 0.969. The van der Waals surface area contributed by atoms with Crippen molar-refractivity contribution in [1.82, 2.24) is 0 Å². The molecule has 3 rings (SSSR count). The minimum atomic E-state index is -0.330. The van der Waals surface area contributed by atoms with Crippen LogP contribution in [0, 0.1) is 23.2 Å². The number of allylic oxidation sites excluding steroid dienone is 6. The highest BCUT2D eigenvalue weighted by molar-refractivity contribution is 5.81. The number of carbonyl (C=O) groups excluding carboxylic acids is 1. The van der Waals surface area contributed by atoms with E-state index in [1.165, 1.54) is 7.11 Å². The third-order valence-electron chi connectivity index (χ3n) is 3.99. The fourth-order valence-corrected chi connectivity index (χ4v) is 3.21. The van der Waals surface area contributed by atoms with Crippen molar-refractivity contribution in [2.75, 3.05) is 7.11 Å². The summed E-state index contributed by atoms with van der Waals surface area (Å²) in [6.45, 7) is 0. The van der Waals surface area contributed by atoms with Crippen LogP contribution in [-0.4, -0.2) is 13.1 Å². The lowest BCUT2D eigenvalue weighted by Crippen LogP contribution is -2.45. The molecule has 0 heterocycles. The smallest absolute Gasteiger partial charge is 0.313 e. The lowest BCUT2D eigenvalue weighted by Gasteiger charge is -2.42. The van der Waals surface area contributed by atoms with Gasteiger partial charge in [-0.2, -0.15) is 0 Å². The molecule has 0 saturated carbocycles. The second kappa shape index (κ2) is 2.84. The molecule has 0 radical (unpaired) electrons. The maximum atomic E-state index is 12.0. The Kier molecular flexibility index (Phi) is 1.70. The summed E-state index contributed by atoms with van der Waals surface area (Å²) in [5, 5.41) is 0. The zero-order valence-corrected chi connectivity index (χ0v) is 8.72. The first-order valence-electron chi connectivity index (χ1n) is 5.41. The number of carbonyl (C=O) groups is 1. The Labute approximate surface area is 89.3 Å². The highest BCUT2D eigenvalue weighted by atomic mass is 16.5. The molecule has 0 aliphatic heterocycles. The Morgan fingerprint density at radius 2 is 1.67 bits per heavy atom. The molecule has 0 saturated heterocycles. The number of rotatable bonds is 1. The van der Waals surface area contributed by atoms with Crippen LogP contribution in [0.1, 0.15) is 6.42 Å². The van der Waals surface area contributed by atoms with Crippen LogP contribution in [0.3, 0.4) is 0 Å². The van der Waals surface area contributed by atoms with Crippen molar-refractivity contribution in [3.05, 3.63) is 36.5 Å². The summed E-state index contributed by atoms with van der Waals surface area (Å²) in [4.78, 5) is 12.0. The van der Waals surface area contributed by atoms with Gasteiger partial charge in [0.1, 0.15) is 0 Å². The molecular formula is C13H14O2. The predicted octanol–water partition coefficient (Wildman–Crippen LogP) is 2.09. The summed E-state index contributed by atoms with van der Waals surface area (Å²) < 4.78 is 5.00. The third-order valence-corrected chi connectivity index (χ3v) is 3.99. The molecule has 4 atom stereocenters. The van der Waals surface area contributed by atoms with E-state index in [-0.39, 0.29) is 23.2 Å². The number of methoxy groups -OCH3 is 1. The molecule has 78 valence electrons. The van der Waals surface area contributed by atoms with E-state index in [0.717, 1.165) is 6.42 Å². The van der Waals surface area contributed by atoms with Crippen LogP contribution in [0.2, 0.25) is 0 Å². The molecule has 0 spiro atoms. The van der Waals surface area contributed by atoms with Gasteiger partial charge in [0, 0.05) is 11.8 Å². The summed E-state index contributed by atoms with van der Waals surface area (Å²) in [7, 11) is 1.49. The summed E-state index contributed by atoms with van der Waals surface area (Å²) >= 11 is 0. The van der Waals surface area contributed by atoms with Crippen molar-refractivity contribution in [3.8, 4) is 0 Å². The van der Waals surface area contributed by atoms with Crippen LogP contribution < -0.4 is 0 Å². The van der Waals surface area contributed by atoms with Gasteiger partial charge in [-0.3, -0.25) is 4.79 Å². The molecule has 2 unspecified atom stereocenters. The second-order valence-corrected chi connectivity index (χ2v) is 4.61. The first-order chi connectivity index (χ1) is 7.27. The Morgan fingerprint density at radius 1 is 1.13 bits per heavy atom. The summed E-state index contributed by atoms with van der Waals surface area (Å²) in [6, 6.07) is 0. The van der Waals surface area contributed by atoms with E-state index in [1.54, 1.807) is 0 Å². The number of esters is 1. The van der Waals surface area contributed by atoms with Gasteiger partial charge in [0.25, 0.3) is 0 Å². The molecule has 2 nitrogen and oxygen atoms in total. The quantitative estimate of drug-likeness (QED) is 0.481. The van der Waals surface area contributed by atoms with Gasteiger partial charge in [-0.15, -0.1) is 0 Å². The molecule has 0 aromatic rings. The summed E-state index contributed by atoms with van der Waals surface area (Å²) in [5.41, 5.74) is -0.330. The zero-order valence-electron chi connectivity index (χ0n) is 8.72. The minimum Gasteiger partial charge on any atom is -0.469 e. The Hall–Kier alpha value is -1.31. The molecule has 3 aliphatic carbocycles. The molecule has 0 N–H and O–H groups in total. The van der Waals surface area contributed by atoms with Gasteiger partial charge in [0.15, 0.2) is 0 Å². The van der Waals surface area contributed by atoms with Gasteiger partial charge in [0.2, 0.25) is 0 Å². The molecule has 0 amide bonds. The molecule has 15 heavy (non-hydrogen) atoms. The number of hydrogen-bond donors (Lipinski definition) is 0. The van der Waals surface area contributed by atoms with Crippen molar-refractivity contribution in [2.24, 2.45) is 23.2 Å². The first kappa shape index (κ1) is 8.96. The Balaban J connectivity index is 2.13. The first-order valence-corrected chi connectivity index (χ1v) is 5.41. The lowest BCUT2D eigenvalue weighted by atomic mass is 9.60. The van der Waals surface area contributed by atoms with E-state index in [4.69, 9.17) is 4.74 Å². The van der Waals surface area contributed by atoms with Gasteiger partial charge in [-0.25, -0.2) is 0 Å².